The lowest BCUT2D eigenvalue weighted by atomic mass is 10.00. The number of carbonyl (C=O) groups is 1. The summed E-state index contributed by atoms with van der Waals surface area (Å²) >= 11 is 0. The highest BCUT2D eigenvalue weighted by Crippen LogP contribution is 2.37. The number of anilines is 1. The number of hydrogen-bond acceptors (Lipinski definition) is 5. The number of pyridine rings is 1. The minimum Gasteiger partial charge on any atom is -0.395 e. The van der Waals surface area contributed by atoms with Crippen LogP contribution in [0.2, 0.25) is 0 Å². The number of nitrogens with one attached hydrogen (secondary N) is 2. The molecule has 2 aromatic carbocycles. The van der Waals surface area contributed by atoms with Gasteiger partial charge in [-0.3, -0.25) is 9.58 Å². The molecule has 9 nitrogen and oxygen atoms in total. The number of nitrogens with zero attached hydrogens (tertiary/aromatic N) is 5. The van der Waals surface area contributed by atoms with Crippen LogP contribution in [0.1, 0.15) is 25.3 Å². The molecule has 3 N–H and O–H groups in total. The van der Waals surface area contributed by atoms with Crippen molar-refractivity contribution in [2.75, 3.05) is 38.1 Å². The van der Waals surface area contributed by atoms with E-state index in [1.807, 2.05) is 59.4 Å². The van der Waals surface area contributed by atoms with E-state index in [-0.39, 0.29) is 12.6 Å². The molecule has 216 valence electrons. The molecular formula is C33H37N7O2. The molecule has 0 bridgehead atoms. The number of rotatable bonds is 9. The molecule has 1 fully saturated rings. The van der Waals surface area contributed by atoms with Gasteiger partial charge in [0.2, 0.25) is 0 Å². The molecule has 1 saturated heterocycles. The SMILES string of the molecule is CCN(CCO)Cc1ccc(-c2cc3c(-c4cn(C)nc4-c4ccc(NC(=O)N5CCCC5)cc4)ccnc3[nH]2)cc1. The summed E-state index contributed by atoms with van der Waals surface area (Å²) in [5.74, 6) is 0. The van der Waals surface area contributed by atoms with Crippen LogP contribution in [0.15, 0.2) is 73.1 Å². The number of fused-ring (bicyclic) bond motifs is 1. The van der Waals surface area contributed by atoms with E-state index in [4.69, 9.17) is 5.10 Å². The Morgan fingerprint density at radius 2 is 1.76 bits per heavy atom. The average Bonchev–Trinajstić information content (AvgIpc) is 3.78. The van der Waals surface area contributed by atoms with Crippen LogP contribution in [0.4, 0.5) is 10.5 Å². The molecule has 1 aliphatic rings. The lowest BCUT2D eigenvalue weighted by molar-refractivity contribution is 0.197. The molecule has 1 aliphatic heterocycles. The molecule has 0 saturated carbocycles. The van der Waals surface area contributed by atoms with Gasteiger partial charge in [-0.25, -0.2) is 9.78 Å². The van der Waals surface area contributed by atoms with Crippen LogP contribution >= 0.6 is 0 Å². The van der Waals surface area contributed by atoms with Gasteiger partial charge in [-0.15, -0.1) is 0 Å². The molecule has 0 spiro atoms. The van der Waals surface area contributed by atoms with E-state index in [1.165, 1.54) is 5.56 Å². The standard InChI is InChI=1S/C33H37N7O2/c1-3-39(18-19-41)21-23-6-8-24(9-7-23)30-20-28-27(14-15-34-32(28)36-30)29-22-38(2)37-31(29)25-10-12-26(13-11-25)35-33(42)40-16-4-5-17-40/h6-15,20,22,41H,3-5,16-19,21H2,1-2H3,(H,34,36)(H,35,42). The van der Waals surface area contributed by atoms with E-state index in [0.29, 0.717) is 6.54 Å². The van der Waals surface area contributed by atoms with Crippen molar-refractivity contribution in [3.8, 4) is 33.6 Å². The largest absolute Gasteiger partial charge is 0.395 e. The maximum absolute atomic E-state index is 12.5. The Bertz CT molecular complexity index is 1670. The zero-order chi connectivity index (χ0) is 29.1. The Morgan fingerprint density at radius 1 is 1.02 bits per heavy atom. The number of aliphatic hydroxyl groups excluding tert-OH is 1. The fourth-order valence-corrected chi connectivity index (χ4v) is 5.69. The number of urea groups is 1. The van der Waals surface area contributed by atoms with E-state index < -0.39 is 0 Å². The highest BCUT2D eigenvalue weighted by molar-refractivity contribution is 5.99. The molecule has 9 heteroatoms. The molecule has 3 aromatic heterocycles. The summed E-state index contributed by atoms with van der Waals surface area (Å²) < 4.78 is 1.84. The van der Waals surface area contributed by atoms with Crippen LogP contribution in [-0.2, 0) is 13.6 Å². The second-order valence-electron chi connectivity index (χ2n) is 10.9. The Kier molecular flexibility index (Phi) is 8.03. The monoisotopic (exact) mass is 563 g/mol. The third kappa shape index (κ3) is 5.79. The number of carbonyl (C=O) groups excluding carboxylic acids is 1. The average molecular weight is 564 g/mol. The molecule has 0 radical (unpaired) electrons. The zero-order valence-corrected chi connectivity index (χ0v) is 24.2. The van der Waals surface area contributed by atoms with Gasteiger partial charge < -0.3 is 20.3 Å². The van der Waals surface area contributed by atoms with Gasteiger partial charge >= 0.3 is 6.03 Å². The number of aromatic amines is 1. The second kappa shape index (κ2) is 12.2. The normalized spacial score (nSPS) is 13.4. The van der Waals surface area contributed by atoms with Crippen molar-refractivity contribution < 1.29 is 9.90 Å². The first-order chi connectivity index (χ1) is 20.5. The van der Waals surface area contributed by atoms with Gasteiger partial charge in [0.05, 0.1) is 6.61 Å². The van der Waals surface area contributed by atoms with E-state index in [0.717, 1.165) is 89.4 Å². The predicted octanol–water partition coefficient (Wildman–Crippen LogP) is 5.74. The van der Waals surface area contributed by atoms with E-state index in [9.17, 15) is 9.90 Å². The highest BCUT2D eigenvalue weighted by Gasteiger charge is 2.19. The first-order valence-electron chi connectivity index (χ1n) is 14.6. The van der Waals surface area contributed by atoms with Gasteiger partial charge in [0.1, 0.15) is 11.3 Å². The number of aryl methyl sites for hydroxylation is 1. The summed E-state index contributed by atoms with van der Waals surface area (Å²) in [5, 5.41) is 18.1. The Labute approximate surface area is 245 Å². The maximum Gasteiger partial charge on any atom is 0.321 e. The molecule has 2 amide bonds. The Balaban J connectivity index is 1.26. The smallest absolute Gasteiger partial charge is 0.321 e. The number of benzene rings is 2. The number of H-pyrrole nitrogens is 1. The number of amides is 2. The van der Waals surface area contributed by atoms with E-state index in [1.54, 1.807) is 0 Å². The van der Waals surface area contributed by atoms with Crippen molar-refractivity contribution in [3.05, 3.63) is 78.6 Å². The fraction of sp³-hybridized carbons (Fsp3) is 0.303. The molecule has 6 rings (SSSR count). The van der Waals surface area contributed by atoms with Gasteiger partial charge in [-0.1, -0.05) is 43.3 Å². The van der Waals surface area contributed by atoms with Crippen molar-refractivity contribution in [2.24, 2.45) is 7.05 Å². The van der Waals surface area contributed by atoms with Crippen LogP contribution in [-0.4, -0.2) is 73.5 Å². The first kappa shape index (κ1) is 27.7. The highest BCUT2D eigenvalue weighted by atomic mass is 16.3. The predicted molar refractivity (Wildman–Crippen MR) is 167 cm³/mol. The first-order valence-corrected chi connectivity index (χ1v) is 14.6. The number of likely N-dealkylation sites (tertiary alicyclic amines) is 1. The second-order valence-corrected chi connectivity index (χ2v) is 10.9. The van der Waals surface area contributed by atoms with Gasteiger partial charge in [-0.05, 0) is 60.3 Å². The number of aliphatic hydroxyl groups is 1. The number of aromatic nitrogens is 4. The lowest BCUT2D eigenvalue weighted by Gasteiger charge is -2.19. The minimum absolute atomic E-state index is 0.0412. The van der Waals surface area contributed by atoms with Crippen molar-refractivity contribution in [1.82, 2.24) is 29.5 Å². The van der Waals surface area contributed by atoms with Crippen molar-refractivity contribution >= 4 is 22.8 Å². The van der Waals surface area contributed by atoms with Gasteiger partial charge in [-0.2, -0.15) is 5.10 Å². The van der Waals surface area contributed by atoms with Crippen LogP contribution in [0.5, 0.6) is 0 Å². The van der Waals surface area contributed by atoms with Crippen molar-refractivity contribution in [1.29, 1.82) is 0 Å². The summed E-state index contributed by atoms with van der Waals surface area (Å²) in [6, 6.07) is 20.6. The summed E-state index contributed by atoms with van der Waals surface area (Å²) in [6.07, 6.45) is 6.00. The quantitative estimate of drug-likeness (QED) is 0.212. The fourth-order valence-electron chi connectivity index (χ4n) is 5.69. The maximum atomic E-state index is 12.5. The summed E-state index contributed by atoms with van der Waals surface area (Å²) in [7, 11) is 1.93. The summed E-state index contributed by atoms with van der Waals surface area (Å²) in [5.41, 5.74) is 8.82. The van der Waals surface area contributed by atoms with Gasteiger partial charge in [0, 0.05) is 73.5 Å². The molecule has 0 aliphatic carbocycles. The minimum atomic E-state index is -0.0412. The molecular weight excluding hydrogens is 526 g/mol. The van der Waals surface area contributed by atoms with Gasteiger partial charge in [0.15, 0.2) is 0 Å². The van der Waals surface area contributed by atoms with Crippen LogP contribution in [0, 0.1) is 0 Å². The Hall–Kier alpha value is -4.47. The summed E-state index contributed by atoms with van der Waals surface area (Å²) in [6.45, 7) is 6.28. The van der Waals surface area contributed by atoms with E-state index in [2.05, 4.69) is 57.4 Å². The summed E-state index contributed by atoms with van der Waals surface area (Å²) in [4.78, 5) is 24.7. The molecule has 0 atom stereocenters. The molecule has 4 heterocycles. The molecule has 5 aromatic rings. The number of likely N-dealkylation sites (N-methyl/N-ethyl adjacent to an activating group) is 1. The third-order valence-corrected chi connectivity index (χ3v) is 7.99. The molecule has 0 unspecified atom stereocenters. The van der Waals surface area contributed by atoms with Crippen LogP contribution in [0.25, 0.3) is 44.7 Å². The topological polar surface area (TPSA) is 102 Å². The van der Waals surface area contributed by atoms with Crippen LogP contribution < -0.4 is 5.32 Å². The van der Waals surface area contributed by atoms with E-state index >= 15 is 0 Å². The third-order valence-electron chi connectivity index (χ3n) is 7.99. The van der Waals surface area contributed by atoms with Crippen LogP contribution in [0.3, 0.4) is 0 Å². The lowest BCUT2D eigenvalue weighted by Crippen LogP contribution is -2.32. The van der Waals surface area contributed by atoms with Crippen molar-refractivity contribution in [2.45, 2.75) is 26.3 Å². The van der Waals surface area contributed by atoms with Crippen molar-refractivity contribution in [3.63, 3.8) is 0 Å². The van der Waals surface area contributed by atoms with Gasteiger partial charge in [0.25, 0.3) is 0 Å². The number of hydrogen-bond donors (Lipinski definition) is 3. The Morgan fingerprint density at radius 3 is 2.48 bits per heavy atom. The zero-order valence-electron chi connectivity index (χ0n) is 24.2. The molecule has 42 heavy (non-hydrogen) atoms.